The molecule has 0 saturated heterocycles. The van der Waals surface area contributed by atoms with Crippen molar-refractivity contribution in [2.75, 3.05) is 0 Å². The van der Waals surface area contributed by atoms with Gasteiger partial charge in [0.05, 0.1) is 0 Å². The van der Waals surface area contributed by atoms with Gasteiger partial charge in [0.15, 0.2) is 11.0 Å². The zero-order valence-electron chi connectivity index (χ0n) is 31.9. The van der Waals surface area contributed by atoms with E-state index in [2.05, 4.69) is 198 Å². The van der Waals surface area contributed by atoms with Crippen molar-refractivity contribution in [1.29, 1.82) is 0 Å². The first-order chi connectivity index (χ1) is 25.5. The highest BCUT2D eigenvalue weighted by molar-refractivity contribution is 6.22. The molecule has 0 spiro atoms. The number of imidazole rings is 1. The zero-order valence-corrected chi connectivity index (χ0v) is 31.9. The van der Waals surface area contributed by atoms with Crippen molar-refractivity contribution in [2.24, 2.45) is 0 Å². The number of aromatic nitrogens is 2. The number of nitrogens with one attached hydrogen (secondary N) is 1. The minimum atomic E-state index is 0.0709. The fourth-order valence-corrected chi connectivity index (χ4v) is 8.49. The van der Waals surface area contributed by atoms with E-state index in [0.717, 1.165) is 17.6 Å². The van der Waals surface area contributed by atoms with Gasteiger partial charge in [-0.25, -0.2) is 4.98 Å². The molecule has 1 heterocycles. The van der Waals surface area contributed by atoms with Gasteiger partial charge in [0, 0.05) is 6.42 Å². The summed E-state index contributed by atoms with van der Waals surface area (Å²) in [5.41, 5.74) is 19.2. The molecule has 0 atom stereocenters. The number of rotatable bonds is 5. The molecule has 1 aromatic heterocycles. The number of aryl methyl sites for hydroxylation is 1. The molecule has 2 nitrogen and oxygen atoms in total. The first-order valence-electron chi connectivity index (χ1n) is 19.1. The summed E-state index contributed by atoms with van der Waals surface area (Å²) in [4.78, 5) is 3.65. The maximum absolute atomic E-state index is 3.65. The molecule has 8 aromatic rings. The third-order valence-electron chi connectivity index (χ3n) is 11.3. The van der Waals surface area contributed by atoms with Crippen LogP contribution in [0.3, 0.4) is 0 Å². The third-order valence-corrected chi connectivity index (χ3v) is 11.3. The second-order valence-corrected chi connectivity index (χ2v) is 16.8. The molecule has 9 rings (SSSR count). The highest BCUT2D eigenvalue weighted by Crippen LogP contribution is 2.57. The number of nitrogens with zero attached hydrogens (tertiary/aromatic N) is 1. The first-order valence-corrected chi connectivity index (χ1v) is 19.1. The fraction of sp³-hybridized carbons (Fsp3) is 0.196. The number of aromatic amines is 1. The Hall–Kier alpha value is -5.73. The number of H-pyrrole nitrogens is 1. The number of hydrogen-bond acceptors (Lipinski definition) is 0. The quantitative estimate of drug-likeness (QED) is 0.174. The largest absolute Gasteiger partial charge is 0.260 e. The van der Waals surface area contributed by atoms with E-state index in [1.807, 2.05) is 0 Å². The highest BCUT2D eigenvalue weighted by Gasteiger charge is 2.31. The molecule has 1 aliphatic rings. The van der Waals surface area contributed by atoms with Crippen LogP contribution in [-0.4, -0.2) is 4.98 Å². The van der Waals surface area contributed by atoms with Gasteiger partial charge < -0.3 is 0 Å². The molecule has 0 saturated carbocycles. The van der Waals surface area contributed by atoms with Gasteiger partial charge in [-0.3, -0.25) is 0 Å². The molecule has 1 N–H and O–H groups in total. The van der Waals surface area contributed by atoms with Gasteiger partial charge in [-0.05, 0) is 119 Å². The van der Waals surface area contributed by atoms with Gasteiger partial charge in [-0.1, -0.05) is 158 Å². The summed E-state index contributed by atoms with van der Waals surface area (Å²) in [6.45, 7) is 16.0. The Bertz CT molecular complexity index is 2670. The number of fused-ring (bicyclic) bond motifs is 4. The van der Waals surface area contributed by atoms with E-state index in [-0.39, 0.29) is 10.8 Å². The topological polar surface area (TPSA) is 19.7 Å². The van der Waals surface area contributed by atoms with Gasteiger partial charge in [0.1, 0.15) is 5.69 Å². The lowest BCUT2D eigenvalue weighted by Crippen LogP contribution is -2.33. The van der Waals surface area contributed by atoms with E-state index >= 15 is 0 Å². The molecule has 7 aromatic carbocycles. The standard InChI is InChI=1S/C51H46N2/c1-8-45-52-43-17-9-10-18-44(43)53(45)38-29-23-33(24-30-38)41-31-42(32-19-25-36(26-20-32)50(2,3)4)48-39-15-11-13-34-14-12-16-40(46(34)39)49(48)47(41)35-21-27-37(28-22-35)51(5,6)7/h9-31H,8H2,1-7H3/p+1. The Morgan fingerprint density at radius 1 is 0.491 bits per heavy atom. The van der Waals surface area contributed by atoms with Crippen LogP contribution in [0.2, 0.25) is 0 Å². The van der Waals surface area contributed by atoms with Crippen molar-refractivity contribution in [1.82, 2.24) is 4.98 Å². The lowest BCUT2D eigenvalue weighted by Gasteiger charge is -2.23. The molecule has 0 aliphatic heterocycles. The Labute approximate surface area is 313 Å². The van der Waals surface area contributed by atoms with Crippen molar-refractivity contribution >= 4 is 21.8 Å². The fourth-order valence-electron chi connectivity index (χ4n) is 8.49. The maximum atomic E-state index is 3.65. The summed E-state index contributed by atoms with van der Waals surface area (Å²) in [5, 5.41) is 2.63. The van der Waals surface area contributed by atoms with Crippen molar-refractivity contribution < 1.29 is 4.57 Å². The van der Waals surface area contributed by atoms with Crippen molar-refractivity contribution in [3.8, 4) is 61.3 Å². The molecule has 260 valence electrons. The molecule has 0 bridgehead atoms. The number of para-hydroxylation sites is 2. The van der Waals surface area contributed by atoms with E-state index in [4.69, 9.17) is 0 Å². The third kappa shape index (κ3) is 5.43. The molecule has 53 heavy (non-hydrogen) atoms. The van der Waals surface area contributed by atoms with Crippen molar-refractivity contribution in [3.05, 3.63) is 156 Å². The zero-order chi connectivity index (χ0) is 36.6. The molecule has 0 unspecified atom stereocenters. The summed E-state index contributed by atoms with van der Waals surface area (Å²) in [6.07, 6.45) is 0.916. The summed E-state index contributed by atoms with van der Waals surface area (Å²) in [7, 11) is 0. The second-order valence-electron chi connectivity index (χ2n) is 16.8. The second kappa shape index (κ2) is 12.2. The van der Waals surface area contributed by atoms with Gasteiger partial charge in [-0.15, -0.1) is 0 Å². The Balaban J connectivity index is 1.33. The van der Waals surface area contributed by atoms with Gasteiger partial charge >= 0.3 is 0 Å². The van der Waals surface area contributed by atoms with Crippen LogP contribution in [0.25, 0.3) is 83.1 Å². The number of hydrogen-bond donors (Lipinski definition) is 1. The van der Waals surface area contributed by atoms with Gasteiger partial charge in [0.2, 0.25) is 0 Å². The first kappa shape index (κ1) is 33.1. The van der Waals surface area contributed by atoms with Crippen LogP contribution >= 0.6 is 0 Å². The van der Waals surface area contributed by atoms with E-state index in [1.165, 1.54) is 88.9 Å². The van der Waals surface area contributed by atoms with Gasteiger partial charge in [0.25, 0.3) is 5.82 Å². The van der Waals surface area contributed by atoms with E-state index < -0.39 is 0 Å². The number of benzene rings is 7. The molecule has 2 heteroatoms. The molecular weight excluding hydrogens is 641 g/mol. The lowest BCUT2D eigenvalue weighted by atomic mass is 9.80. The van der Waals surface area contributed by atoms with E-state index in [1.54, 1.807) is 0 Å². The minimum Gasteiger partial charge on any atom is -0.240 e. The minimum absolute atomic E-state index is 0.0709. The van der Waals surface area contributed by atoms with Crippen LogP contribution in [0.4, 0.5) is 0 Å². The van der Waals surface area contributed by atoms with Crippen LogP contribution in [-0.2, 0) is 17.3 Å². The van der Waals surface area contributed by atoms with Crippen LogP contribution in [0.15, 0.2) is 140 Å². The van der Waals surface area contributed by atoms with Crippen molar-refractivity contribution in [2.45, 2.75) is 65.7 Å². The average molecular weight is 688 g/mol. The summed E-state index contributed by atoms with van der Waals surface area (Å²) < 4.78 is 2.37. The highest BCUT2D eigenvalue weighted by atomic mass is 15.1. The monoisotopic (exact) mass is 687 g/mol. The molecular formula is C51H47N2+. The Kier molecular flexibility index (Phi) is 7.61. The van der Waals surface area contributed by atoms with E-state index in [0.29, 0.717) is 0 Å². The van der Waals surface area contributed by atoms with E-state index in [9.17, 15) is 0 Å². The van der Waals surface area contributed by atoms with Crippen LogP contribution in [0.1, 0.15) is 65.4 Å². The predicted octanol–water partition coefficient (Wildman–Crippen LogP) is 13.4. The Morgan fingerprint density at radius 2 is 1.02 bits per heavy atom. The van der Waals surface area contributed by atoms with Crippen molar-refractivity contribution in [3.63, 3.8) is 0 Å². The normalized spacial score (nSPS) is 12.5. The summed E-state index contributed by atoms with van der Waals surface area (Å²) in [6, 6.07) is 52.6. The molecule has 0 amide bonds. The predicted molar refractivity (Wildman–Crippen MR) is 225 cm³/mol. The molecule has 0 fully saturated rings. The molecule has 1 aliphatic carbocycles. The van der Waals surface area contributed by atoms with Crippen LogP contribution in [0.5, 0.6) is 0 Å². The summed E-state index contributed by atoms with van der Waals surface area (Å²) >= 11 is 0. The maximum Gasteiger partial charge on any atom is 0.260 e. The lowest BCUT2D eigenvalue weighted by molar-refractivity contribution is -0.576. The average Bonchev–Trinajstić information content (AvgIpc) is 3.71. The smallest absolute Gasteiger partial charge is 0.240 e. The van der Waals surface area contributed by atoms with Gasteiger partial charge in [-0.2, -0.15) is 4.57 Å². The summed E-state index contributed by atoms with van der Waals surface area (Å²) in [5.74, 6) is 1.20. The SMILES string of the molecule is CCc1[nH]c2ccccc2[n+]1-c1ccc(-c2cc(-c3ccc(C(C)(C)C)cc3)c3c(c2-c2ccc(C(C)(C)C)cc2)-c2cccc4cccc-3c24)cc1. The van der Waals surface area contributed by atoms with Crippen LogP contribution < -0.4 is 4.57 Å². The Morgan fingerprint density at radius 3 is 1.60 bits per heavy atom. The van der Waals surface area contributed by atoms with Crippen LogP contribution in [0, 0.1) is 0 Å². The molecule has 0 radical (unpaired) electrons.